The van der Waals surface area contributed by atoms with Crippen LogP contribution in [0, 0.1) is 0 Å². The summed E-state index contributed by atoms with van der Waals surface area (Å²) in [4.78, 5) is 27.2. The fourth-order valence-corrected chi connectivity index (χ4v) is 6.12. The maximum atomic E-state index is 12.4. The number of amides is 2. The van der Waals surface area contributed by atoms with Crippen LogP contribution in [0.2, 0.25) is 0 Å². The highest BCUT2D eigenvalue weighted by Gasteiger charge is 2.35. The third kappa shape index (κ3) is 4.05. The predicted molar refractivity (Wildman–Crippen MR) is 99.4 cm³/mol. The van der Waals surface area contributed by atoms with Gasteiger partial charge in [-0.05, 0) is 23.9 Å². The molecule has 0 aliphatic carbocycles. The van der Waals surface area contributed by atoms with Crippen molar-refractivity contribution in [1.29, 1.82) is 0 Å². The van der Waals surface area contributed by atoms with Gasteiger partial charge in [-0.15, -0.1) is 11.3 Å². The summed E-state index contributed by atoms with van der Waals surface area (Å²) < 4.78 is 23.2. The maximum absolute atomic E-state index is 12.4. The average molecular weight is 403 g/mol. The van der Waals surface area contributed by atoms with Gasteiger partial charge in [-0.3, -0.25) is 14.5 Å². The zero-order valence-corrected chi connectivity index (χ0v) is 15.7. The molecule has 10 heteroatoms. The number of thiophene rings is 1. The van der Waals surface area contributed by atoms with Gasteiger partial charge in [-0.2, -0.15) is 0 Å². The van der Waals surface area contributed by atoms with Gasteiger partial charge >= 0.3 is 0 Å². The zero-order chi connectivity index (χ0) is 17.3. The Morgan fingerprint density at radius 2 is 2.29 bits per heavy atom. The normalized spacial score (nSPS) is 24.8. The van der Waals surface area contributed by atoms with Crippen molar-refractivity contribution in [3.63, 3.8) is 0 Å². The molecule has 24 heavy (non-hydrogen) atoms. The number of nitrogens with zero attached hydrogens (tertiary/aromatic N) is 1. The monoisotopic (exact) mass is 402 g/mol. The molecule has 128 valence electrons. The Labute approximate surface area is 153 Å². The molecule has 3 rings (SSSR count). The van der Waals surface area contributed by atoms with Gasteiger partial charge in [0.25, 0.3) is 5.91 Å². The number of rotatable bonds is 4. The smallest absolute Gasteiger partial charge is 0.266 e. The van der Waals surface area contributed by atoms with Crippen LogP contribution < -0.4 is 5.32 Å². The Bertz CT molecular complexity index is 814. The van der Waals surface area contributed by atoms with E-state index >= 15 is 0 Å². The van der Waals surface area contributed by atoms with Crippen LogP contribution in [0.25, 0.3) is 6.08 Å². The average Bonchev–Trinajstić information content (AvgIpc) is 3.17. The molecule has 1 N–H and O–H groups in total. The number of thiocarbonyl (C=S) groups is 1. The van der Waals surface area contributed by atoms with Gasteiger partial charge in [0.15, 0.2) is 9.84 Å². The summed E-state index contributed by atoms with van der Waals surface area (Å²) in [5.74, 6) is -0.656. The largest absolute Gasteiger partial charge is 0.351 e. The van der Waals surface area contributed by atoms with Crippen LogP contribution in [0.5, 0.6) is 0 Å². The summed E-state index contributed by atoms with van der Waals surface area (Å²) in [6.07, 6.45) is 2.16. The lowest BCUT2D eigenvalue weighted by Gasteiger charge is -2.16. The van der Waals surface area contributed by atoms with Crippen LogP contribution in [-0.2, 0) is 19.4 Å². The van der Waals surface area contributed by atoms with Crippen molar-refractivity contribution < 1.29 is 18.0 Å². The highest BCUT2D eigenvalue weighted by atomic mass is 32.2. The minimum absolute atomic E-state index is 0.0462. The maximum Gasteiger partial charge on any atom is 0.266 e. The molecule has 0 aromatic carbocycles. The number of hydrogen-bond donors (Lipinski definition) is 1. The van der Waals surface area contributed by atoms with Crippen molar-refractivity contribution in [2.45, 2.75) is 12.5 Å². The molecule has 1 aromatic rings. The van der Waals surface area contributed by atoms with Gasteiger partial charge in [-0.25, -0.2) is 8.42 Å². The number of thioether (sulfide) groups is 1. The van der Waals surface area contributed by atoms with E-state index in [9.17, 15) is 18.0 Å². The Morgan fingerprint density at radius 3 is 2.92 bits per heavy atom. The molecule has 2 aliphatic heterocycles. The second-order valence-corrected chi connectivity index (χ2v) is 10.3. The minimum atomic E-state index is -3.06. The van der Waals surface area contributed by atoms with Gasteiger partial charge in [0, 0.05) is 10.9 Å². The van der Waals surface area contributed by atoms with Crippen LogP contribution >= 0.6 is 35.3 Å². The lowest BCUT2D eigenvalue weighted by molar-refractivity contribution is -0.129. The second-order valence-electron chi connectivity index (χ2n) is 5.45. The molecule has 0 bridgehead atoms. The Balaban J connectivity index is 1.62. The fraction of sp³-hybridized carbons (Fsp3) is 0.357. The van der Waals surface area contributed by atoms with E-state index in [1.807, 2.05) is 17.5 Å². The Morgan fingerprint density at radius 1 is 1.50 bits per heavy atom. The first-order chi connectivity index (χ1) is 11.3. The first-order valence-corrected chi connectivity index (χ1v) is 11.1. The zero-order valence-electron chi connectivity index (χ0n) is 12.4. The van der Waals surface area contributed by atoms with E-state index in [0.717, 1.165) is 16.6 Å². The number of carbonyl (C=O) groups excluding carboxylic acids is 2. The number of hydrogen-bond acceptors (Lipinski definition) is 7. The highest BCUT2D eigenvalue weighted by Crippen LogP contribution is 2.33. The summed E-state index contributed by atoms with van der Waals surface area (Å²) in [7, 11) is -3.06. The molecule has 2 saturated heterocycles. The van der Waals surface area contributed by atoms with Crippen LogP contribution in [0.3, 0.4) is 0 Å². The Hall–Kier alpha value is -1.23. The molecule has 2 fully saturated rings. The van der Waals surface area contributed by atoms with Crippen LogP contribution in [0.1, 0.15) is 11.3 Å². The van der Waals surface area contributed by atoms with Crippen molar-refractivity contribution >= 4 is 67.4 Å². The SMILES string of the molecule is O=C(CN1C(=O)/C(=C\c2cccs2)SC1=S)NC1CCS(=O)(=O)C1. The second kappa shape index (κ2) is 6.95. The third-order valence-corrected chi connectivity index (χ3v) is 7.55. The van der Waals surface area contributed by atoms with Crippen molar-refractivity contribution in [3.05, 3.63) is 27.3 Å². The van der Waals surface area contributed by atoms with Crippen molar-refractivity contribution in [1.82, 2.24) is 10.2 Å². The van der Waals surface area contributed by atoms with E-state index in [-0.39, 0.29) is 30.0 Å². The molecular weight excluding hydrogens is 388 g/mol. The molecule has 1 atom stereocenters. The minimum Gasteiger partial charge on any atom is -0.351 e. The summed E-state index contributed by atoms with van der Waals surface area (Å²) in [6, 6.07) is 3.40. The molecule has 1 unspecified atom stereocenters. The van der Waals surface area contributed by atoms with E-state index in [0.29, 0.717) is 15.6 Å². The third-order valence-electron chi connectivity index (χ3n) is 3.59. The van der Waals surface area contributed by atoms with Crippen LogP contribution in [0.15, 0.2) is 22.4 Å². The molecule has 0 spiro atoms. The summed E-state index contributed by atoms with van der Waals surface area (Å²) in [6.45, 7) is -0.191. The molecule has 3 heterocycles. The summed E-state index contributed by atoms with van der Waals surface area (Å²) in [5, 5.41) is 4.58. The highest BCUT2D eigenvalue weighted by molar-refractivity contribution is 8.26. The first-order valence-electron chi connectivity index (χ1n) is 7.13. The van der Waals surface area contributed by atoms with Crippen molar-refractivity contribution in [3.8, 4) is 0 Å². The molecule has 2 amide bonds. The lowest BCUT2D eigenvalue weighted by atomic mass is 10.2. The standard InChI is InChI=1S/C14H14N2O4S4/c17-12(15-9-3-5-24(19,20)8-9)7-16-13(18)11(23-14(16)21)6-10-2-1-4-22-10/h1-2,4,6,9H,3,5,7-8H2,(H,15,17)/b11-6+. The molecule has 2 aliphatic rings. The van der Waals surface area contributed by atoms with E-state index in [1.165, 1.54) is 16.2 Å². The Kier molecular flexibility index (Phi) is 5.09. The van der Waals surface area contributed by atoms with E-state index < -0.39 is 15.7 Å². The molecule has 0 radical (unpaired) electrons. The van der Waals surface area contributed by atoms with E-state index in [4.69, 9.17) is 12.2 Å². The van der Waals surface area contributed by atoms with Crippen molar-refractivity contribution in [2.24, 2.45) is 0 Å². The molecule has 6 nitrogen and oxygen atoms in total. The summed E-state index contributed by atoms with van der Waals surface area (Å²) >= 11 is 7.86. The van der Waals surface area contributed by atoms with Crippen LogP contribution in [0.4, 0.5) is 0 Å². The lowest BCUT2D eigenvalue weighted by Crippen LogP contribution is -2.43. The predicted octanol–water partition coefficient (Wildman–Crippen LogP) is 1.25. The van der Waals surface area contributed by atoms with Gasteiger partial charge in [0.1, 0.15) is 10.9 Å². The number of carbonyl (C=O) groups is 2. The molecular formula is C14H14N2O4S4. The van der Waals surface area contributed by atoms with Crippen molar-refractivity contribution in [2.75, 3.05) is 18.1 Å². The van der Waals surface area contributed by atoms with Gasteiger partial charge in [0.05, 0.1) is 16.4 Å². The van der Waals surface area contributed by atoms with Gasteiger partial charge < -0.3 is 5.32 Å². The van der Waals surface area contributed by atoms with Gasteiger partial charge in [0.2, 0.25) is 5.91 Å². The van der Waals surface area contributed by atoms with Crippen LogP contribution in [-0.4, -0.2) is 53.5 Å². The molecule has 0 saturated carbocycles. The van der Waals surface area contributed by atoms with E-state index in [2.05, 4.69) is 5.32 Å². The number of sulfone groups is 1. The number of nitrogens with one attached hydrogen (secondary N) is 1. The molecule has 1 aromatic heterocycles. The fourth-order valence-electron chi connectivity index (χ4n) is 2.46. The topological polar surface area (TPSA) is 83.6 Å². The van der Waals surface area contributed by atoms with Gasteiger partial charge in [-0.1, -0.05) is 30.0 Å². The summed E-state index contributed by atoms with van der Waals surface area (Å²) in [5.41, 5.74) is 0. The van der Waals surface area contributed by atoms with E-state index in [1.54, 1.807) is 6.08 Å². The quantitative estimate of drug-likeness (QED) is 0.603. The first kappa shape index (κ1) is 17.6.